The molecule has 0 saturated carbocycles. The molecule has 6 heteroatoms. The van der Waals surface area contributed by atoms with Crippen molar-refractivity contribution >= 4 is 28.7 Å². The first-order valence-corrected chi connectivity index (χ1v) is 8.60. The number of ether oxygens (including phenoxy) is 1. The van der Waals surface area contributed by atoms with Crippen LogP contribution in [0, 0.1) is 0 Å². The standard InChI is InChI=1S/C19H15N3O2S/c1-24-14-9-7-13(8-10-14)19(23)21-18-17(15-5-4-12-25-15)20-16-6-2-3-11-22(16)18/h2-12H,1H3,(H,21,23). The molecule has 25 heavy (non-hydrogen) atoms. The van der Waals surface area contributed by atoms with Crippen LogP contribution in [-0.2, 0) is 0 Å². The minimum atomic E-state index is -0.189. The van der Waals surface area contributed by atoms with Crippen LogP contribution in [0.4, 0.5) is 5.82 Å². The van der Waals surface area contributed by atoms with Crippen molar-refractivity contribution in [3.05, 3.63) is 71.7 Å². The molecular weight excluding hydrogens is 334 g/mol. The smallest absolute Gasteiger partial charge is 0.256 e. The van der Waals surface area contributed by atoms with E-state index in [0.29, 0.717) is 17.1 Å². The van der Waals surface area contributed by atoms with Gasteiger partial charge >= 0.3 is 0 Å². The maximum absolute atomic E-state index is 12.7. The lowest BCUT2D eigenvalue weighted by molar-refractivity contribution is 0.102. The fourth-order valence-corrected chi connectivity index (χ4v) is 3.34. The molecule has 0 aliphatic carbocycles. The second kappa shape index (κ2) is 6.41. The Kier molecular flexibility index (Phi) is 3.95. The first-order valence-electron chi connectivity index (χ1n) is 7.72. The van der Waals surface area contributed by atoms with Gasteiger partial charge in [0.1, 0.15) is 22.9 Å². The van der Waals surface area contributed by atoms with Crippen LogP contribution in [0.5, 0.6) is 5.75 Å². The summed E-state index contributed by atoms with van der Waals surface area (Å²) in [6.45, 7) is 0. The third-order valence-corrected chi connectivity index (χ3v) is 4.75. The second-order valence-corrected chi connectivity index (χ2v) is 6.35. The molecule has 0 radical (unpaired) electrons. The van der Waals surface area contributed by atoms with Crippen molar-refractivity contribution in [1.29, 1.82) is 0 Å². The molecule has 0 atom stereocenters. The van der Waals surface area contributed by atoms with Gasteiger partial charge in [0.25, 0.3) is 5.91 Å². The summed E-state index contributed by atoms with van der Waals surface area (Å²) in [7, 11) is 1.60. The predicted octanol–water partition coefficient (Wildman–Crippen LogP) is 4.32. The molecule has 0 spiro atoms. The summed E-state index contributed by atoms with van der Waals surface area (Å²) in [4.78, 5) is 18.4. The summed E-state index contributed by atoms with van der Waals surface area (Å²) in [5.41, 5.74) is 2.11. The molecular formula is C19H15N3O2S. The number of rotatable bonds is 4. The molecule has 0 saturated heterocycles. The first kappa shape index (κ1) is 15.4. The van der Waals surface area contributed by atoms with E-state index in [9.17, 15) is 4.79 Å². The number of benzene rings is 1. The quantitative estimate of drug-likeness (QED) is 0.597. The highest BCUT2D eigenvalue weighted by molar-refractivity contribution is 7.13. The van der Waals surface area contributed by atoms with Gasteiger partial charge in [0.05, 0.1) is 12.0 Å². The number of thiophene rings is 1. The SMILES string of the molecule is COc1ccc(C(=O)Nc2c(-c3cccs3)nc3ccccn23)cc1. The predicted molar refractivity (Wildman–Crippen MR) is 99.5 cm³/mol. The van der Waals surface area contributed by atoms with E-state index in [1.165, 1.54) is 0 Å². The molecule has 0 unspecified atom stereocenters. The number of nitrogens with zero attached hydrogens (tertiary/aromatic N) is 2. The Hall–Kier alpha value is -3.12. The Morgan fingerprint density at radius 3 is 2.68 bits per heavy atom. The summed E-state index contributed by atoms with van der Waals surface area (Å²) < 4.78 is 7.02. The number of fused-ring (bicyclic) bond motifs is 1. The molecule has 1 N–H and O–H groups in total. The van der Waals surface area contributed by atoms with Crippen LogP contribution in [0.3, 0.4) is 0 Å². The van der Waals surface area contributed by atoms with Crippen LogP contribution in [0.25, 0.3) is 16.2 Å². The number of imidazole rings is 1. The topological polar surface area (TPSA) is 55.6 Å². The van der Waals surface area contributed by atoms with Gasteiger partial charge in [-0.05, 0) is 47.8 Å². The summed E-state index contributed by atoms with van der Waals surface area (Å²) in [6.07, 6.45) is 1.89. The highest BCUT2D eigenvalue weighted by atomic mass is 32.1. The molecule has 1 aromatic carbocycles. The van der Waals surface area contributed by atoms with E-state index in [-0.39, 0.29) is 5.91 Å². The van der Waals surface area contributed by atoms with Gasteiger partial charge in [0.15, 0.2) is 0 Å². The van der Waals surface area contributed by atoms with Crippen molar-refractivity contribution in [2.45, 2.75) is 0 Å². The zero-order chi connectivity index (χ0) is 17.2. The average molecular weight is 349 g/mol. The van der Waals surface area contributed by atoms with Gasteiger partial charge < -0.3 is 10.1 Å². The van der Waals surface area contributed by atoms with Crippen LogP contribution in [0.2, 0.25) is 0 Å². The Morgan fingerprint density at radius 2 is 1.96 bits per heavy atom. The van der Waals surface area contributed by atoms with Crippen LogP contribution in [0.15, 0.2) is 66.2 Å². The van der Waals surface area contributed by atoms with Crippen LogP contribution in [-0.4, -0.2) is 22.4 Å². The molecule has 3 heterocycles. The minimum absolute atomic E-state index is 0.189. The number of carbonyl (C=O) groups excluding carboxylic acids is 1. The third-order valence-electron chi connectivity index (χ3n) is 3.87. The lowest BCUT2D eigenvalue weighted by Gasteiger charge is -2.08. The van der Waals surface area contributed by atoms with E-state index in [4.69, 9.17) is 4.74 Å². The van der Waals surface area contributed by atoms with E-state index in [2.05, 4.69) is 10.3 Å². The first-order chi connectivity index (χ1) is 12.3. The Balaban J connectivity index is 1.74. The summed E-state index contributed by atoms with van der Waals surface area (Å²) in [6, 6.07) is 16.7. The molecule has 0 fully saturated rings. The van der Waals surface area contributed by atoms with Gasteiger partial charge in [-0.3, -0.25) is 9.20 Å². The number of hydrogen-bond acceptors (Lipinski definition) is 4. The van der Waals surface area contributed by atoms with Crippen molar-refractivity contribution < 1.29 is 9.53 Å². The van der Waals surface area contributed by atoms with Crippen LogP contribution in [0.1, 0.15) is 10.4 Å². The van der Waals surface area contributed by atoms with Gasteiger partial charge in [-0.2, -0.15) is 0 Å². The normalized spacial score (nSPS) is 10.8. The van der Waals surface area contributed by atoms with Crippen molar-refractivity contribution in [1.82, 2.24) is 9.38 Å². The molecule has 1 amide bonds. The van der Waals surface area contributed by atoms with Crippen molar-refractivity contribution in [2.75, 3.05) is 12.4 Å². The zero-order valence-electron chi connectivity index (χ0n) is 13.5. The van der Waals surface area contributed by atoms with E-state index in [1.54, 1.807) is 42.7 Å². The lowest BCUT2D eigenvalue weighted by atomic mass is 10.2. The largest absolute Gasteiger partial charge is 0.497 e. The lowest BCUT2D eigenvalue weighted by Crippen LogP contribution is -2.13. The van der Waals surface area contributed by atoms with Crippen molar-refractivity contribution in [3.8, 4) is 16.3 Å². The second-order valence-electron chi connectivity index (χ2n) is 5.40. The number of anilines is 1. The number of carbonyl (C=O) groups is 1. The molecule has 5 nitrogen and oxygen atoms in total. The fraction of sp³-hybridized carbons (Fsp3) is 0.0526. The number of methoxy groups -OCH3 is 1. The van der Waals surface area contributed by atoms with Gasteiger partial charge in [-0.15, -0.1) is 11.3 Å². The highest BCUT2D eigenvalue weighted by Gasteiger charge is 2.17. The number of nitrogens with one attached hydrogen (secondary N) is 1. The fourth-order valence-electron chi connectivity index (χ4n) is 2.62. The van der Waals surface area contributed by atoms with Gasteiger partial charge in [-0.1, -0.05) is 12.1 Å². The Labute approximate surface area is 148 Å². The third kappa shape index (κ3) is 2.88. The molecule has 0 bridgehead atoms. The molecule has 0 aliphatic heterocycles. The Bertz CT molecular complexity index is 1020. The summed E-state index contributed by atoms with van der Waals surface area (Å²) in [5.74, 6) is 1.19. The van der Waals surface area contributed by atoms with Gasteiger partial charge in [0, 0.05) is 11.8 Å². The zero-order valence-corrected chi connectivity index (χ0v) is 14.3. The number of hydrogen-bond donors (Lipinski definition) is 1. The molecule has 3 aromatic heterocycles. The number of amides is 1. The van der Waals surface area contributed by atoms with E-state index in [0.717, 1.165) is 16.2 Å². The molecule has 4 aromatic rings. The number of pyridine rings is 1. The monoisotopic (exact) mass is 349 g/mol. The Morgan fingerprint density at radius 1 is 1.12 bits per heavy atom. The average Bonchev–Trinajstić information content (AvgIpc) is 3.30. The van der Waals surface area contributed by atoms with Crippen molar-refractivity contribution in [3.63, 3.8) is 0 Å². The molecule has 4 rings (SSSR count). The maximum atomic E-state index is 12.7. The maximum Gasteiger partial charge on any atom is 0.256 e. The van der Waals surface area contributed by atoms with Crippen LogP contribution < -0.4 is 10.1 Å². The van der Waals surface area contributed by atoms with Crippen LogP contribution >= 0.6 is 11.3 Å². The summed E-state index contributed by atoms with van der Waals surface area (Å²) >= 11 is 1.59. The summed E-state index contributed by atoms with van der Waals surface area (Å²) in [5, 5.41) is 5.00. The molecule has 124 valence electrons. The van der Waals surface area contributed by atoms with Gasteiger partial charge in [-0.25, -0.2) is 4.98 Å². The van der Waals surface area contributed by atoms with E-state index in [1.807, 2.05) is 46.3 Å². The van der Waals surface area contributed by atoms with E-state index >= 15 is 0 Å². The minimum Gasteiger partial charge on any atom is -0.497 e. The van der Waals surface area contributed by atoms with Crippen molar-refractivity contribution in [2.24, 2.45) is 0 Å². The van der Waals surface area contributed by atoms with Gasteiger partial charge in [0.2, 0.25) is 0 Å². The van der Waals surface area contributed by atoms with E-state index < -0.39 is 0 Å². The highest BCUT2D eigenvalue weighted by Crippen LogP contribution is 2.32. The number of aromatic nitrogens is 2. The molecule has 0 aliphatic rings.